The van der Waals surface area contributed by atoms with E-state index in [9.17, 15) is 9.18 Å². The number of halogens is 2. The fourth-order valence-corrected chi connectivity index (χ4v) is 2.49. The van der Waals surface area contributed by atoms with Crippen LogP contribution in [0, 0.1) is 11.7 Å². The molecule has 2 nitrogen and oxygen atoms in total. The van der Waals surface area contributed by atoms with Gasteiger partial charge in [0.1, 0.15) is 11.6 Å². The number of nitrogens with one attached hydrogen (secondary N) is 1. The number of hydrogen-bond donors (Lipinski definition) is 1. The predicted molar refractivity (Wildman–Crippen MR) is 70.3 cm³/mol. The van der Waals surface area contributed by atoms with Crippen LogP contribution in [-0.2, 0) is 11.2 Å². The summed E-state index contributed by atoms with van der Waals surface area (Å²) in [4.78, 5) is 11.8. The number of benzene rings is 1. The molecule has 1 aliphatic rings. The van der Waals surface area contributed by atoms with Gasteiger partial charge in [0.2, 0.25) is 0 Å². The molecule has 0 radical (unpaired) electrons. The third kappa shape index (κ3) is 3.79. The molecule has 1 aliphatic heterocycles. The van der Waals surface area contributed by atoms with E-state index in [1.54, 1.807) is 6.07 Å². The molecule has 1 heterocycles. The lowest BCUT2D eigenvalue weighted by atomic mass is 9.98. The van der Waals surface area contributed by atoms with Gasteiger partial charge in [-0.3, -0.25) is 4.79 Å². The lowest BCUT2D eigenvalue weighted by molar-refractivity contribution is -0.118. The average Bonchev–Trinajstić information content (AvgIpc) is 2.84. The minimum atomic E-state index is -0.440. The molecule has 1 atom stereocenters. The molecular weight excluding hydrogens is 253 g/mol. The molecule has 0 aromatic heterocycles. The van der Waals surface area contributed by atoms with E-state index in [2.05, 4.69) is 5.32 Å². The van der Waals surface area contributed by atoms with E-state index in [1.807, 2.05) is 0 Å². The quantitative estimate of drug-likeness (QED) is 0.890. The Kier molecular flexibility index (Phi) is 4.72. The monoisotopic (exact) mass is 269 g/mol. The van der Waals surface area contributed by atoms with Crippen LogP contribution in [0.15, 0.2) is 18.2 Å². The second-order valence-electron chi connectivity index (χ2n) is 4.86. The highest BCUT2D eigenvalue weighted by atomic mass is 35.5. The molecule has 1 N–H and O–H groups in total. The van der Waals surface area contributed by atoms with Crippen molar-refractivity contribution in [3.05, 3.63) is 34.6 Å². The Hall–Kier alpha value is -0.930. The Labute approximate surface area is 112 Å². The first kappa shape index (κ1) is 13.5. The van der Waals surface area contributed by atoms with Crippen LogP contribution >= 0.6 is 11.6 Å². The molecule has 0 amide bonds. The van der Waals surface area contributed by atoms with Crippen molar-refractivity contribution < 1.29 is 9.18 Å². The van der Waals surface area contributed by atoms with Crippen molar-refractivity contribution in [1.29, 1.82) is 0 Å². The Morgan fingerprint density at radius 2 is 2.33 bits per heavy atom. The Balaban J connectivity index is 1.80. The summed E-state index contributed by atoms with van der Waals surface area (Å²) < 4.78 is 13.0. The van der Waals surface area contributed by atoms with Gasteiger partial charge in [0.25, 0.3) is 0 Å². The topological polar surface area (TPSA) is 29.1 Å². The van der Waals surface area contributed by atoms with Crippen molar-refractivity contribution in [2.24, 2.45) is 5.92 Å². The van der Waals surface area contributed by atoms with E-state index < -0.39 is 5.82 Å². The van der Waals surface area contributed by atoms with Gasteiger partial charge in [-0.2, -0.15) is 0 Å². The largest absolute Gasteiger partial charge is 0.316 e. The number of carbonyl (C=O) groups excluding carboxylic acids is 1. The van der Waals surface area contributed by atoms with Crippen LogP contribution < -0.4 is 5.32 Å². The highest BCUT2D eigenvalue weighted by Crippen LogP contribution is 2.18. The van der Waals surface area contributed by atoms with E-state index in [0.29, 0.717) is 18.8 Å². The van der Waals surface area contributed by atoms with Crippen LogP contribution in [0.4, 0.5) is 4.39 Å². The molecule has 0 bridgehead atoms. The summed E-state index contributed by atoms with van der Waals surface area (Å²) >= 11 is 5.68. The zero-order chi connectivity index (χ0) is 13.0. The molecule has 0 aliphatic carbocycles. The number of ketones is 1. The van der Waals surface area contributed by atoms with E-state index >= 15 is 0 Å². The third-order valence-corrected chi connectivity index (χ3v) is 3.67. The zero-order valence-electron chi connectivity index (χ0n) is 10.2. The van der Waals surface area contributed by atoms with Gasteiger partial charge in [0.05, 0.1) is 5.02 Å². The number of Topliss-reactive ketones (excluding diaryl/α,β-unsaturated/α-hetero) is 1. The standard InChI is InChI=1S/C14H17ClFNO/c15-13-8-11(2-4-14(13)16)7-12(18)3-1-10-5-6-17-9-10/h2,4,8,10,17H,1,3,5-7,9H2. The normalized spacial score (nSPS) is 19.1. The lowest BCUT2D eigenvalue weighted by Gasteiger charge is -2.07. The maximum absolute atomic E-state index is 13.0. The summed E-state index contributed by atoms with van der Waals surface area (Å²) in [7, 11) is 0. The van der Waals surface area contributed by atoms with Gasteiger partial charge in [0.15, 0.2) is 0 Å². The van der Waals surface area contributed by atoms with Crippen LogP contribution in [0.25, 0.3) is 0 Å². The van der Waals surface area contributed by atoms with Gasteiger partial charge in [0, 0.05) is 12.8 Å². The van der Waals surface area contributed by atoms with E-state index in [4.69, 9.17) is 11.6 Å². The molecule has 0 saturated carbocycles. The Bertz CT molecular complexity index is 430. The summed E-state index contributed by atoms with van der Waals surface area (Å²) in [6.07, 6.45) is 3.05. The van der Waals surface area contributed by atoms with Crippen molar-refractivity contribution in [3.8, 4) is 0 Å². The smallest absolute Gasteiger partial charge is 0.141 e. The van der Waals surface area contributed by atoms with Crippen LogP contribution in [-0.4, -0.2) is 18.9 Å². The molecule has 0 spiro atoms. The number of rotatable bonds is 5. The van der Waals surface area contributed by atoms with Crippen molar-refractivity contribution in [2.75, 3.05) is 13.1 Å². The maximum atomic E-state index is 13.0. The maximum Gasteiger partial charge on any atom is 0.141 e. The molecule has 1 aromatic rings. The first-order valence-electron chi connectivity index (χ1n) is 6.31. The van der Waals surface area contributed by atoms with Crippen molar-refractivity contribution in [3.63, 3.8) is 0 Å². The summed E-state index contributed by atoms with van der Waals surface area (Å²) in [5.74, 6) is 0.389. The molecular formula is C14H17ClFNO. The second kappa shape index (κ2) is 6.30. The molecule has 1 saturated heterocycles. The Morgan fingerprint density at radius 1 is 1.50 bits per heavy atom. The van der Waals surface area contributed by atoms with Gasteiger partial charge in [-0.1, -0.05) is 17.7 Å². The first-order valence-corrected chi connectivity index (χ1v) is 6.69. The molecule has 18 heavy (non-hydrogen) atoms. The van der Waals surface area contributed by atoms with Gasteiger partial charge in [-0.25, -0.2) is 4.39 Å². The van der Waals surface area contributed by atoms with Crippen molar-refractivity contribution >= 4 is 17.4 Å². The molecule has 98 valence electrons. The number of carbonyl (C=O) groups is 1. The molecule has 2 rings (SSSR count). The van der Waals surface area contributed by atoms with E-state index in [0.717, 1.165) is 31.5 Å². The van der Waals surface area contributed by atoms with Gasteiger partial charge in [-0.05, 0) is 49.5 Å². The number of hydrogen-bond acceptors (Lipinski definition) is 2. The van der Waals surface area contributed by atoms with Gasteiger partial charge >= 0.3 is 0 Å². The van der Waals surface area contributed by atoms with E-state index in [1.165, 1.54) is 12.1 Å². The highest BCUT2D eigenvalue weighted by molar-refractivity contribution is 6.30. The fourth-order valence-electron chi connectivity index (χ4n) is 2.29. The highest BCUT2D eigenvalue weighted by Gasteiger charge is 2.15. The van der Waals surface area contributed by atoms with Gasteiger partial charge in [-0.15, -0.1) is 0 Å². The summed E-state index contributed by atoms with van der Waals surface area (Å²) in [6, 6.07) is 4.47. The van der Waals surface area contributed by atoms with Gasteiger partial charge < -0.3 is 5.32 Å². The molecule has 1 fully saturated rings. The molecule has 1 unspecified atom stereocenters. The summed E-state index contributed by atoms with van der Waals surface area (Å²) in [5, 5.41) is 3.37. The van der Waals surface area contributed by atoms with Crippen LogP contribution in [0.5, 0.6) is 0 Å². The molecule has 1 aromatic carbocycles. The zero-order valence-corrected chi connectivity index (χ0v) is 11.0. The first-order chi connectivity index (χ1) is 8.65. The SMILES string of the molecule is O=C(CCC1CCNC1)Cc1ccc(F)c(Cl)c1. The van der Waals surface area contributed by atoms with Crippen molar-refractivity contribution in [1.82, 2.24) is 5.32 Å². The third-order valence-electron chi connectivity index (χ3n) is 3.38. The predicted octanol–water partition coefficient (Wildman–Crippen LogP) is 2.98. The fraction of sp³-hybridized carbons (Fsp3) is 0.500. The minimum Gasteiger partial charge on any atom is -0.316 e. The Morgan fingerprint density at radius 3 is 3.00 bits per heavy atom. The minimum absolute atomic E-state index is 0.0836. The second-order valence-corrected chi connectivity index (χ2v) is 5.27. The lowest BCUT2D eigenvalue weighted by Crippen LogP contribution is -2.11. The van der Waals surface area contributed by atoms with Crippen molar-refractivity contribution in [2.45, 2.75) is 25.7 Å². The van der Waals surface area contributed by atoms with Crippen LogP contribution in [0.1, 0.15) is 24.8 Å². The van der Waals surface area contributed by atoms with Crippen LogP contribution in [0.2, 0.25) is 5.02 Å². The van der Waals surface area contributed by atoms with Crippen LogP contribution in [0.3, 0.4) is 0 Å². The van der Waals surface area contributed by atoms with E-state index in [-0.39, 0.29) is 10.8 Å². The summed E-state index contributed by atoms with van der Waals surface area (Å²) in [5.41, 5.74) is 0.788. The summed E-state index contributed by atoms with van der Waals surface area (Å²) in [6.45, 7) is 2.09. The molecule has 4 heteroatoms. The average molecular weight is 270 g/mol.